The van der Waals surface area contributed by atoms with Gasteiger partial charge in [-0.25, -0.2) is 0 Å². The van der Waals surface area contributed by atoms with Crippen LogP contribution in [-0.2, 0) is 32.5 Å². The van der Waals surface area contributed by atoms with Crippen LogP contribution < -0.4 is 31.1 Å². The maximum atomic E-state index is 7.09. The first-order valence-corrected chi connectivity index (χ1v) is 30.5. The predicted octanol–water partition coefficient (Wildman–Crippen LogP) is 18.6. The minimum atomic E-state index is -0.253. The molecule has 0 amide bonds. The van der Waals surface area contributed by atoms with Crippen molar-refractivity contribution < 1.29 is 4.42 Å². The number of anilines is 8. The standard InChI is InChI=1S/C76H80BN3O/c1-45-37-65-68-66(38-45)79(62-43-54-53(39-46(62)2)71(6,7)35-36-72(54,8)9)63-41-48(80-60-32-29-47(70(3,4)5)40-57(60)75(14)33-20-21-34-76(75,80)15)30-31-58(63)77(68)59-42-55-56(74(12,13)52-26-18-17-25-51(52)73(55,10)11)44-64(59)78(65)61-27-22-24-50-49-23-16-19-28-67(49)81-69(50)61/h16-19,22-32,37-44H,20-21,33-36H2,1-15H3. The molecule has 15 rings (SSSR count). The van der Waals surface area contributed by atoms with Crippen molar-refractivity contribution in [3.63, 3.8) is 0 Å². The summed E-state index contributed by atoms with van der Waals surface area (Å²) >= 11 is 0. The molecule has 2 unspecified atom stereocenters. The number of rotatable bonds is 3. The fraction of sp³-hybridized carbons (Fsp3) is 0.368. The van der Waals surface area contributed by atoms with Crippen LogP contribution in [0.4, 0.5) is 45.5 Å². The maximum absolute atomic E-state index is 7.09. The summed E-state index contributed by atoms with van der Waals surface area (Å²) in [5.41, 5.74) is 29.5. The number of furan rings is 1. The Hall–Kier alpha value is -6.98. The molecule has 0 bridgehead atoms. The highest BCUT2D eigenvalue weighted by Gasteiger charge is 2.58. The largest absolute Gasteiger partial charge is 0.454 e. The molecule has 8 aromatic carbocycles. The average Bonchev–Trinajstić information content (AvgIpc) is 3.24. The molecule has 2 atom stereocenters. The molecule has 0 spiro atoms. The molecule has 1 aromatic heterocycles. The van der Waals surface area contributed by atoms with Crippen LogP contribution in [0.2, 0.25) is 0 Å². The van der Waals surface area contributed by atoms with Crippen molar-refractivity contribution in [2.75, 3.05) is 14.7 Å². The zero-order chi connectivity index (χ0) is 56.5. The number of fused-ring (bicyclic) bond motifs is 13. The van der Waals surface area contributed by atoms with Crippen molar-refractivity contribution in [1.82, 2.24) is 0 Å². The average molecular weight is 1060 g/mol. The second-order valence-corrected chi connectivity index (χ2v) is 29.7. The van der Waals surface area contributed by atoms with E-state index in [9.17, 15) is 0 Å². The Labute approximate surface area is 482 Å². The van der Waals surface area contributed by atoms with Crippen LogP contribution in [0, 0.1) is 13.8 Å². The Morgan fingerprint density at radius 1 is 0.457 bits per heavy atom. The Bertz CT molecular complexity index is 4220. The lowest BCUT2D eigenvalue weighted by molar-refractivity contribution is 0.195. The minimum Gasteiger partial charge on any atom is -0.454 e. The van der Waals surface area contributed by atoms with E-state index in [4.69, 9.17) is 4.42 Å². The topological polar surface area (TPSA) is 22.9 Å². The summed E-state index contributed by atoms with van der Waals surface area (Å²) in [6.07, 6.45) is 7.15. The molecule has 0 saturated heterocycles. The van der Waals surface area contributed by atoms with Crippen molar-refractivity contribution in [1.29, 1.82) is 0 Å². The number of aryl methyl sites for hydroxylation is 2. The summed E-state index contributed by atoms with van der Waals surface area (Å²) in [5.74, 6) is 0. The first-order chi connectivity index (χ1) is 38.3. The molecule has 4 nitrogen and oxygen atoms in total. The smallest absolute Gasteiger partial charge is 0.252 e. The molecule has 5 heteroatoms. The monoisotopic (exact) mass is 1060 g/mol. The number of para-hydroxylation sites is 2. The molecule has 81 heavy (non-hydrogen) atoms. The molecule has 0 radical (unpaired) electrons. The van der Waals surface area contributed by atoms with Gasteiger partial charge in [0.1, 0.15) is 5.58 Å². The van der Waals surface area contributed by atoms with Crippen molar-refractivity contribution in [2.45, 2.75) is 180 Å². The highest BCUT2D eigenvalue weighted by Crippen LogP contribution is 2.62. The summed E-state index contributed by atoms with van der Waals surface area (Å²) < 4.78 is 7.09. The van der Waals surface area contributed by atoms with Crippen LogP contribution in [0.1, 0.15) is 184 Å². The molecule has 1 saturated carbocycles. The lowest BCUT2D eigenvalue weighted by Crippen LogP contribution is -2.62. The highest BCUT2D eigenvalue weighted by atomic mass is 16.3. The second kappa shape index (κ2) is 16.4. The minimum absolute atomic E-state index is 0.00370. The lowest BCUT2D eigenvalue weighted by atomic mass is 9.33. The third-order valence-corrected chi connectivity index (χ3v) is 22.2. The Kier molecular flexibility index (Phi) is 10.3. The van der Waals surface area contributed by atoms with Crippen LogP contribution in [0.15, 0.2) is 144 Å². The number of nitrogens with zero attached hydrogens (tertiary/aromatic N) is 3. The van der Waals surface area contributed by atoms with E-state index < -0.39 is 0 Å². The van der Waals surface area contributed by atoms with E-state index in [-0.39, 0.29) is 44.7 Å². The van der Waals surface area contributed by atoms with Gasteiger partial charge in [0.05, 0.1) is 11.2 Å². The third-order valence-electron chi connectivity index (χ3n) is 22.2. The van der Waals surface area contributed by atoms with Gasteiger partial charge in [-0.05, 0) is 189 Å². The molecule has 3 aliphatic heterocycles. The molecular formula is C76H80BN3O. The van der Waals surface area contributed by atoms with Crippen LogP contribution in [0.25, 0.3) is 21.9 Å². The summed E-state index contributed by atoms with van der Waals surface area (Å²) in [5, 5.41) is 2.28. The van der Waals surface area contributed by atoms with Crippen LogP contribution in [0.5, 0.6) is 0 Å². The Balaban J connectivity index is 1.06. The van der Waals surface area contributed by atoms with Crippen LogP contribution in [-0.4, -0.2) is 12.3 Å². The summed E-state index contributed by atoms with van der Waals surface area (Å²) in [7, 11) is 0. The number of hydrogen-bond acceptors (Lipinski definition) is 4. The second-order valence-electron chi connectivity index (χ2n) is 29.7. The van der Waals surface area contributed by atoms with Crippen LogP contribution in [0.3, 0.4) is 0 Å². The number of benzene rings is 8. The van der Waals surface area contributed by atoms with Gasteiger partial charge in [0.25, 0.3) is 6.71 Å². The van der Waals surface area contributed by atoms with Crippen molar-refractivity contribution in [2.24, 2.45) is 0 Å². The van der Waals surface area contributed by atoms with Crippen LogP contribution >= 0.6 is 0 Å². The Morgan fingerprint density at radius 2 is 1.06 bits per heavy atom. The van der Waals surface area contributed by atoms with Gasteiger partial charge in [0.2, 0.25) is 0 Å². The van der Waals surface area contributed by atoms with E-state index in [1.807, 2.05) is 0 Å². The van der Waals surface area contributed by atoms with E-state index in [0.717, 1.165) is 40.5 Å². The first-order valence-electron chi connectivity index (χ1n) is 30.5. The van der Waals surface area contributed by atoms with Gasteiger partial charge in [-0.3, -0.25) is 0 Å². The zero-order valence-corrected chi connectivity index (χ0v) is 50.8. The van der Waals surface area contributed by atoms with Gasteiger partial charge in [-0.15, -0.1) is 0 Å². The first kappa shape index (κ1) is 50.9. The van der Waals surface area contributed by atoms with E-state index >= 15 is 0 Å². The van der Waals surface area contributed by atoms with Gasteiger partial charge < -0.3 is 19.1 Å². The molecule has 4 heterocycles. The zero-order valence-electron chi connectivity index (χ0n) is 50.8. The molecule has 408 valence electrons. The fourth-order valence-electron chi connectivity index (χ4n) is 17.2. The van der Waals surface area contributed by atoms with Gasteiger partial charge in [0.15, 0.2) is 5.58 Å². The normalized spacial score (nSPS) is 22.1. The maximum Gasteiger partial charge on any atom is 0.252 e. The van der Waals surface area contributed by atoms with Crippen molar-refractivity contribution in [3.05, 3.63) is 195 Å². The summed E-state index contributed by atoms with van der Waals surface area (Å²) in [6.45, 7) is 36.7. The highest BCUT2D eigenvalue weighted by molar-refractivity contribution is 7.00. The molecule has 9 aromatic rings. The van der Waals surface area contributed by atoms with Gasteiger partial charge >= 0.3 is 0 Å². The van der Waals surface area contributed by atoms with Crippen molar-refractivity contribution >= 4 is 90.5 Å². The molecular weight excluding hydrogens is 982 g/mol. The fourth-order valence-corrected chi connectivity index (χ4v) is 17.2. The third kappa shape index (κ3) is 6.73. The SMILES string of the molecule is Cc1cc2c3c(c1)N(c1cccc4c1oc1ccccc14)c1cc4c(cc1B3c1ccc(N3c5ccc(C(C)(C)C)cc5C5(C)CCCCC35C)cc1N2c1cc2c(cc1C)C(C)(C)CCC2(C)C)C(C)(C)c1ccccc1C4(C)C. The lowest BCUT2D eigenvalue weighted by Gasteiger charge is -2.51. The summed E-state index contributed by atoms with van der Waals surface area (Å²) in [4.78, 5) is 8.17. The van der Waals surface area contributed by atoms with Gasteiger partial charge in [0, 0.05) is 66.8 Å². The van der Waals surface area contributed by atoms with Gasteiger partial charge in [-0.2, -0.15) is 0 Å². The van der Waals surface area contributed by atoms with Crippen molar-refractivity contribution in [3.8, 4) is 0 Å². The molecule has 6 aliphatic rings. The summed E-state index contributed by atoms with van der Waals surface area (Å²) in [6, 6.07) is 55.4. The van der Waals surface area contributed by atoms with E-state index in [2.05, 4.69) is 258 Å². The molecule has 1 fully saturated rings. The van der Waals surface area contributed by atoms with Gasteiger partial charge in [-0.1, -0.05) is 181 Å². The molecule has 3 aliphatic carbocycles. The van der Waals surface area contributed by atoms with E-state index in [0.29, 0.717) is 0 Å². The van der Waals surface area contributed by atoms with E-state index in [1.54, 1.807) is 0 Å². The quantitative estimate of drug-likeness (QED) is 0.165. The Morgan fingerprint density at radius 3 is 1.77 bits per heavy atom. The molecule has 0 N–H and O–H groups in total. The predicted molar refractivity (Wildman–Crippen MR) is 345 cm³/mol. The number of hydrogen-bond donors (Lipinski definition) is 0. The van der Waals surface area contributed by atoms with E-state index in [1.165, 1.54) is 138 Å².